The minimum atomic E-state index is -3.87. The summed E-state index contributed by atoms with van der Waals surface area (Å²) in [7, 11) is -2.40. The number of methoxy groups -OCH3 is 1. The molecule has 0 unspecified atom stereocenters. The fraction of sp³-hybridized carbons (Fsp3) is 0.188. The number of benzene rings is 4. The van der Waals surface area contributed by atoms with E-state index in [2.05, 4.69) is 22.2 Å². The molecule has 0 aromatic heterocycles. The van der Waals surface area contributed by atoms with Crippen molar-refractivity contribution in [3.63, 3.8) is 0 Å². The van der Waals surface area contributed by atoms with Gasteiger partial charge in [-0.2, -0.15) is 0 Å². The number of sulfonamides is 1. The maximum absolute atomic E-state index is 13.0. The molecule has 1 heterocycles. The van der Waals surface area contributed by atoms with Crippen molar-refractivity contribution in [3.05, 3.63) is 119 Å². The van der Waals surface area contributed by atoms with Crippen molar-refractivity contribution >= 4 is 45.0 Å². The van der Waals surface area contributed by atoms with Crippen molar-refractivity contribution in [2.24, 2.45) is 0 Å². The standard InChI is InChI=1S/C32H31N3O5S2/c1-22-8-17-29(40-2)28(20-22)34-42(38,39)27-15-13-26(14-16-27)33-31(37)24-9-11-25(12-10-24)32-35(30(36)21-41-32)19-18-23-6-4-3-5-7-23/h3-17,20,32,34H,18-19,21H2,1-2H3,(H,33,37)/t32-/m0/s1. The van der Waals surface area contributed by atoms with E-state index >= 15 is 0 Å². The Balaban J connectivity index is 1.21. The quantitative estimate of drug-likeness (QED) is 0.236. The Morgan fingerprint density at radius 1 is 0.976 bits per heavy atom. The van der Waals surface area contributed by atoms with Gasteiger partial charge in [0.25, 0.3) is 15.9 Å². The van der Waals surface area contributed by atoms with Gasteiger partial charge in [0.1, 0.15) is 11.1 Å². The van der Waals surface area contributed by atoms with Crippen LogP contribution in [-0.2, 0) is 21.2 Å². The van der Waals surface area contributed by atoms with Crippen LogP contribution in [0.3, 0.4) is 0 Å². The Morgan fingerprint density at radius 3 is 2.38 bits per heavy atom. The SMILES string of the molecule is COc1ccc(C)cc1NS(=O)(=O)c1ccc(NC(=O)c2ccc([C@@H]3SCC(=O)N3CCc3ccccc3)cc2)cc1. The molecule has 0 saturated carbocycles. The largest absolute Gasteiger partial charge is 0.495 e. The van der Waals surface area contributed by atoms with Gasteiger partial charge in [0, 0.05) is 17.8 Å². The first-order chi connectivity index (χ1) is 20.2. The average molecular weight is 602 g/mol. The van der Waals surface area contributed by atoms with E-state index in [-0.39, 0.29) is 22.1 Å². The van der Waals surface area contributed by atoms with Crippen LogP contribution >= 0.6 is 11.8 Å². The summed E-state index contributed by atoms with van der Waals surface area (Å²) >= 11 is 1.58. The van der Waals surface area contributed by atoms with Crippen LogP contribution in [0.4, 0.5) is 11.4 Å². The first kappa shape index (κ1) is 29.2. The molecule has 5 rings (SSSR count). The lowest BCUT2D eigenvalue weighted by atomic mass is 10.1. The first-order valence-corrected chi connectivity index (χ1v) is 15.9. The third-order valence-electron chi connectivity index (χ3n) is 6.93. The number of carbonyl (C=O) groups is 2. The number of ether oxygens (including phenoxy) is 1. The summed E-state index contributed by atoms with van der Waals surface area (Å²) in [6, 6.07) is 28.5. The zero-order chi connectivity index (χ0) is 29.7. The molecule has 42 heavy (non-hydrogen) atoms. The van der Waals surface area contributed by atoms with Crippen LogP contribution in [-0.4, -0.2) is 44.5 Å². The highest BCUT2D eigenvalue weighted by Gasteiger charge is 2.32. The van der Waals surface area contributed by atoms with Gasteiger partial charge in [-0.15, -0.1) is 11.8 Å². The Labute approximate surface area is 250 Å². The molecule has 4 aromatic rings. The lowest BCUT2D eigenvalue weighted by molar-refractivity contribution is -0.128. The van der Waals surface area contributed by atoms with Crippen molar-refractivity contribution in [1.29, 1.82) is 0 Å². The smallest absolute Gasteiger partial charge is 0.262 e. The van der Waals surface area contributed by atoms with E-state index in [1.807, 2.05) is 48.2 Å². The zero-order valence-corrected chi connectivity index (χ0v) is 24.9. The molecule has 0 aliphatic carbocycles. The summed E-state index contributed by atoms with van der Waals surface area (Å²) in [5.41, 5.74) is 4.28. The highest BCUT2D eigenvalue weighted by atomic mass is 32.2. The van der Waals surface area contributed by atoms with Gasteiger partial charge < -0.3 is 15.0 Å². The number of aryl methyl sites for hydroxylation is 1. The summed E-state index contributed by atoms with van der Waals surface area (Å²) in [6.07, 6.45) is 0.778. The molecule has 4 aromatic carbocycles. The van der Waals surface area contributed by atoms with E-state index in [4.69, 9.17) is 4.74 Å². The number of rotatable bonds is 10. The Hall–Kier alpha value is -4.28. The minimum Gasteiger partial charge on any atom is -0.495 e. The minimum absolute atomic E-state index is 0.0499. The van der Waals surface area contributed by atoms with E-state index in [1.165, 1.54) is 24.8 Å². The van der Waals surface area contributed by atoms with Gasteiger partial charge in [0.05, 0.1) is 23.4 Å². The maximum Gasteiger partial charge on any atom is 0.262 e. The van der Waals surface area contributed by atoms with Gasteiger partial charge >= 0.3 is 0 Å². The van der Waals surface area contributed by atoms with E-state index in [0.717, 1.165) is 17.5 Å². The van der Waals surface area contributed by atoms with Gasteiger partial charge in [0.2, 0.25) is 5.91 Å². The first-order valence-electron chi connectivity index (χ1n) is 13.4. The fourth-order valence-corrected chi connectivity index (χ4v) is 6.97. The van der Waals surface area contributed by atoms with Crippen LogP contribution in [0, 0.1) is 6.92 Å². The second-order valence-electron chi connectivity index (χ2n) is 9.90. The summed E-state index contributed by atoms with van der Waals surface area (Å²) in [6.45, 7) is 2.49. The predicted octanol–water partition coefficient (Wildman–Crippen LogP) is 5.87. The van der Waals surface area contributed by atoms with Crippen LogP contribution < -0.4 is 14.8 Å². The highest BCUT2D eigenvalue weighted by Crippen LogP contribution is 2.38. The van der Waals surface area contributed by atoms with Gasteiger partial charge in [-0.05, 0) is 78.6 Å². The molecule has 0 spiro atoms. The number of thioether (sulfide) groups is 1. The normalized spacial score (nSPS) is 15.0. The van der Waals surface area contributed by atoms with E-state index in [0.29, 0.717) is 35.0 Å². The fourth-order valence-electron chi connectivity index (χ4n) is 4.69. The zero-order valence-electron chi connectivity index (χ0n) is 23.2. The molecular weight excluding hydrogens is 571 g/mol. The van der Waals surface area contributed by atoms with Crippen molar-refractivity contribution in [2.75, 3.05) is 29.4 Å². The van der Waals surface area contributed by atoms with Crippen molar-refractivity contribution < 1.29 is 22.7 Å². The number of carbonyl (C=O) groups excluding carboxylic acids is 2. The molecule has 1 atom stereocenters. The number of anilines is 2. The van der Waals surface area contributed by atoms with Gasteiger partial charge in [-0.3, -0.25) is 14.3 Å². The van der Waals surface area contributed by atoms with Crippen LogP contribution in [0.15, 0.2) is 102 Å². The molecule has 0 bridgehead atoms. The van der Waals surface area contributed by atoms with E-state index in [1.54, 1.807) is 48.2 Å². The maximum atomic E-state index is 13.0. The number of hydrogen-bond acceptors (Lipinski definition) is 6. The molecule has 10 heteroatoms. The van der Waals surface area contributed by atoms with Crippen molar-refractivity contribution in [2.45, 2.75) is 23.6 Å². The molecule has 1 aliphatic heterocycles. The summed E-state index contributed by atoms with van der Waals surface area (Å²) in [5.74, 6) is 0.635. The van der Waals surface area contributed by atoms with Crippen LogP contribution in [0.5, 0.6) is 5.75 Å². The van der Waals surface area contributed by atoms with E-state index < -0.39 is 10.0 Å². The lowest BCUT2D eigenvalue weighted by Crippen LogP contribution is -2.30. The van der Waals surface area contributed by atoms with Crippen LogP contribution in [0.2, 0.25) is 0 Å². The van der Waals surface area contributed by atoms with Gasteiger partial charge in [-0.1, -0.05) is 48.5 Å². The molecule has 1 aliphatic rings. The molecular formula is C32H31N3O5S2. The molecule has 8 nitrogen and oxygen atoms in total. The molecule has 1 saturated heterocycles. The third kappa shape index (κ3) is 6.78. The van der Waals surface area contributed by atoms with Gasteiger partial charge in [0.15, 0.2) is 0 Å². The molecule has 1 fully saturated rings. The Morgan fingerprint density at radius 2 is 1.69 bits per heavy atom. The van der Waals surface area contributed by atoms with Gasteiger partial charge in [-0.25, -0.2) is 8.42 Å². The molecule has 216 valence electrons. The number of nitrogens with one attached hydrogen (secondary N) is 2. The number of nitrogens with zero attached hydrogens (tertiary/aromatic N) is 1. The number of amides is 2. The van der Waals surface area contributed by atoms with E-state index in [9.17, 15) is 18.0 Å². The Kier molecular flexibility index (Phi) is 8.84. The molecule has 0 radical (unpaired) electrons. The predicted molar refractivity (Wildman–Crippen MR) is 166 cm³/mol. The summed E-state index contributed by atoms with van der Waals surface area (Å²) in [5, 5.41) is 2.72. The van der Waals surface area contributed by atoms with Crippen molar-refractivity contribution in [1.82, 2.24) is 4.90 Å². The molecule has 2 N–H and O–H groups in total. The Bertz CT molecular complexity index is 1680. The highest BCUT2D eigenvalue weighted by molar-refractivity contribution is 8.00. The van der Waals surface area contributed by atoms with Crippen LogP contribution in [0.1, 0.15) is 32.4 Å². The number of hydrogen-bond donors (Lipinski definition) is 2. The second kappa shape index (κ2) is 12.7. The molecule has 2 amide bonds. The van der Waals surface area contributed by atoms with Crippen LogP contribution in [0.25, 0.3) is 0 Å². The average Bonchev–Trinajstić information content (AvgIpc) is 3.36. The third-order valence-corrected chi connectivity index (χ3v) is 9.57. The monoisotopic (exact) mass is 601 g/mol. The lowest BCUT2D eigenvalue weighted by Gasteiger charge is -2.24. The summed E-state index contributed by atoms with van der Waals surface area (Å²) in [4.78, 5) is 27.4. The second-order valence-corrected chi connectivity index (χ2v) is 12.6. The summed E-state index contributed by atoms with van der Waals surface area (Å²) < 4.78 is 33.7. The topological polar surface area (TPSA) is 105 Å². The van der Waals surface area contributed by atoms with Crippen molar-refractivity contribution in [3.8, 4) is 5.75 Å².